The lowest BCUT2D eigenvalue weighted by atomic mass is 10.1. The fraction of sp³-hybridized carbons (Fsp3) is 0.188. The highest BCUT2D eigenvalue weighted by Gasteiger charge is 2.07. The van der Waals surface area contributed by atoms with Crippen molar-refractivity contribution in [3.63, 3.8) is 0 Å². The van der Waals surface area contributed by atoms with E-state index < -0.39 is 0 Å². The predicted molar refractivity (Wildman–Crippen MR) is 92.7 cm³/mol. The van der Waals surface area contributed by atoms with Crippen molar-refractivity contribution in [2.75, 3.05) is 11.1 Å². The Hall–Kier alpha value is -3.49. The van der Waals surface area contributed by atoms with E-state index in [-0.39, 0.29) is 0 Å². The number of nitrogens with zero attached hydrogens (tertiary/aromatic N) is 7. The van der Waals surface area contributed by atoms with Crippen LogP contribution in [0.2, 0.25) is 0 Å². The highest BCUT2D eigenvalue weighted by Crippen LogP contribution is 2.12. The molecule has 0 bridgehead atoms. The molecule has 0 saturated heterocycles. The van der Waals surface area contributed by atoms with Crippen molar-refractivity contribution in [1.82, 2.24) is 34.3 Å². The van der Waals surface area contributed by atoms with E-state index in [0.717, 1.165) is 18.8 Å². The molecule has 4 aromatic rings. The molecule has 0 aliphatic heterocycles. The minimum Gasteiger partial charge on any atom is -0.369 e. The van der Waals surface area contributed by atoms with Gasteiger partial charge < -0.3 is 15.6 Å². The van der Waals surface area contributed by atoms with Crippen molar-refractivity contribution in [2.24, 2.45) is 0 Å². The molecule has 0 aliphatic carbocycles. The second kappa shape index (κ2) is 6.56. The number of anilines is 2. The second-order valence-electron chi connectivity index (χ2n) is 5.59. The smallest absolute Gasteiger partial charge is 0.209 e. The third kappa shape index (κ3) is 3.25. The molecule has 0 atom stereocenters. The molecule has 3 aromatic heterocycles. The van der Waals surface area contributed by atoms with E-state index in [1.807, 2.05) is 22.8 Å². The molecule has 0 radical (unpaired) electrons. The van der Waals surface area contributed by atoms with Crippen LogP contribution in [-0.2, 0) is 19.5 Å². The standard InChI is InChI=1S/C16H17N9/c17-16-21-13(8-14-22-20-11-25(14)16)18-9-15-23-19-10-24(15)7-6-12-4-2-1-3-5-12/h1-5,8,10-11,18H,6-7,9H2,(H2,17,21). The number of hydrogen-bond acceptors (Lipinski definition) is 7. The van der Waals surface area contributed by atoms with Crippen molar-refractivity contribution in [2.45, 2.75) is 19.5 Å². The highest BCUT2D eigenvalue weighted by atomic mass is 15.3. The quantitative estimate of drug-likeness (QED) is 0.543. The van der Waals surface area contributed by atoms with Gasteiger partial charge in [0.1, 0.15) is 18.5 Å². The van der Waals surface area contributed by atoms with Crippen LogP contribution in [0.3, 0.4) is 0 Å². The van der Waals surface area contributed by atoms with Crippen molar-refractivity contribution >= 4 is 17.4 Å². The Balaban J connectivity index is 1.43. The maximum absolute atomic E-state index is 5.89. The van der Waals surface area contributed by atoms with Crippen LogP contribution in [0.15, 0.2) is 49.1 Å². The Kier molecular flexibility index (Phi) is 3.95. The molecule has 25 heavy (non-hydrogen) atoms. The first-order valence-electron chi connectivity index (χ1n) is 7.90. The summed E-state index contributed by atoms with van der Waals surface area (Å²) in [6, 6.07) is 12.1. The zero-order valence-electron chi connectivity index (χ0n) is 13.4. The van der Waals surface area contributed by atoms with Crippen LogP contribution < -0.4 is 11.1 Å². The normalized spacial score (nSPS) is 11.0. The molecule has 126 valence electrons. The zero-order chi connectivity index (χ0) is 17.1. The van der Waals surface area contributed by atoms with Gasteiger partial charge in [0, 0.05) is 12.6 Å². The lowest BCUT2D eigenvalue weighted by molar-refractivity contribution is 0.657. The van der Waals surface area contributed by atoms with Crippen LogP contribution in [0.5, 0.6) is 0 Å². The van der Waals surface area contributed by atoms with Crippen LogP contribution in [0.4, 0.5) is 11.8 Å². The first-order chi connectivity index (χ1) is 12.3. The molecule has 3 heterocycles. The highest BCUT2D eigenvalue weighted by molar-refractivity contribution is 5.53. The summed E-state index contributed by atoms with van der Waals surface area (Å²) >= 11 is 0. The van der Waals surface area contributed by atoms with Gasteiger partial charge in [0.15, 0.2) is 11.5 Å². The Morgan fingerprint density at radius 2 is 1.88 bits per heavy atom. The molecule has 0 saturated carbocycles. The number of rotatable bonds is 6. The van der Waals surface area contributed by atoms with Crippen molar-refractivity contribution in [3.8, 4) is 0 Å². The van der Waals surface area contributed by atoms with Crippen molar-refractivity contribution in [3.05, 3.63) is 60.4 Å². The molecule has 0 unspecified atom stereocenters. The maximum atomic E-state index is 5.89. The second-order valence-corrected chi connectivity index (χ2v) is 5.59. The molecular weight excluding hydrogens is 318 g/mol. The minimum absolute atomic E-state index is 0.329. The summed E-state index contributed by atoms with van der Waals surface area (Å²) in [6.45, 7) is 1.30. The number of nitrogens with one attached hydrogen (secondary N) is 1. The van der Waals surface area contributed by atoms with E-state index in [1.165, 1.54) is 11.9 Å². The summed E-state index contributed by atoms with van der Waals surface area (Å²) in [5.74, 6) is 1.78. The summed E-state index contributed by atoms with van der Waals surface area (Å²) < 4.78 is 3.65. The Bertz CT molecular complexity index is 974. The molecule has 0 aliphatic rings. The number of nitrogen functional groups attached to an aromatic ring is 1. The first-order valence-corrected chi connectivity index (χ1v) is 7.90. The molecule has 4 rings (SSSR count). The number of hydrogen-bond donors (Lipinski definition) is 2. The van der Waals surface area contributed by atoms with Gasteiger partial charge in [-0.25, -0.2) is 0 Å². The Labute approximate surface area is 143 Å². The SMILES string of the molecule is Nc1nc(NCc2nncn2CCc2ccccc2)cc2nncn12. The molecule has 0 spiro atoms. The molecule has 1 aromatic carbocycles. The van der Waals surface area contributed by atoms with Crippen LogP contribution in [0, 0.1) is 0 Å². The third-order valence-electron chi connectivity index (χ3n) is 3.93. The van der Waals surface area contributed by atoms with Gasteiger partial charge >= 0.3 is 0 Å². The maximum Gasteiger partial charge on any atom is 0.209 e. The zero-order valence-corrected chi connectivity index (χ0v) is 13.4. The van der Waals surface area contributed by atoms with Crippen LogP contribution >= 0.6 is 0 Å². The Morgan fingerprint density at radius 3 is 2.76 bits per heavy atom. The molecule has 9 nitrogen and oxygen atoms in total. The lowest BCUT2D eigenvalue weighted by Gasteiger charge is -2.09. The van der Waals surface area contributed by atoms with E-state index in [4.69, 9.17) is 5.73 Å². The predicted octanol–water partition coefficient (Wildman–Crippen LogP) is 1.15. The van der Waals surface area contributed by atoms with Gasteiger partial charge in [-0.2, -0.15) is 4.98 Å². The van der Waals surface area contributed by atoms with Gasteiger partial charge in [0.2, 0.25) is 5.95 Å². The lowest BCUT2D eigenvalue weighted by Crippen LogP contribution is -2.11. The number of benzene rings is 1. The molecule has 0 amide bonds. The van der Waals surface area contributed by atoms with E-state index >= 15 is 0 Å². The van der Waals surface area contributed by atoms with Gasteiger partial charge in [-0.05, 0) is 12.0 Å². The van der Waals surface area contributed by atoms with Gasteiger partial charge in [0.05, 0.1) is 6.54 Å². The third-order valence-corrected chi connectivity index (χ3v) is 3.93. The van der Waals surface area contributed by atoms with Gasteiger partial charge in [0.25, 0.3) is 0 Å². The monoisotopic (exact) mass is 335 g/mol. The van der Waals surface area contributed by atoms with Gasteiger partial charge in [-0.3, -0.25) is 4.40 Å². The number of nitrogens with two attached hydrogens (primary N) is 1. The van der Waals surface area contributed by atoms with Crippen molar-refractivity contribution < 1.29 is 0 Å². The fourth-order valence-electron chi connectivity index (χ4n) is 2.61. The van der Waals surface area contributed by atoms with Crippen LogP contribution in [0.1, 0.15) is 11.4 Å². The fourth-order valence-corrected chi connectivity index (χ4v) is 2.61. The largest absolute Gasteiger partial charge is 0.369 e. The summed E-state index contributed by atoms with van der Waals surface area (Å²) in [6.07, 6.45) is 4.19. The van der Waals surface area contributed by atoms with E-state index in [9.17, 15) is 0 Å². The minimum atomic E-state index is 0.329. The topological polar surface area (TPSA) is 112 Å². The number of aromatic nitrogens is 7. The molecule has 3 N–H and O–H groups in total. The average Bonchev–Trinajstić information content (AvgIpc) is 3.28. The molecular formula is C16H17N9. The van der Waals surface area contributed by atoms with Crippen LogP contribution in [0.25, 0.3) is 5.65 Å². The van der Waals surface area contributed by atoms with Gasteiger partial charge in [-0.1, -0.05) is 30.3 Å². The van der Waals surface area contributed by atoms with E-state index in [1.54, 1.807) is 16.8 Å². The van der Waals surface area contributed by atoms with Gasteiger partial charge in [-0.15, -0.1) is 20.4 Å². The van der Waals surface area contributed by atoms with Crippen molar-refractivity contribution in [1.29, 1.82) is 0 Å². The number of fused-ring (bicyclic) bond motifs is 1. The molecule has 0 fully saturated rings. The Morgan fingerprint density at radius 1 is 1.04 bits per heavy atom. The van der Waals surface area contributed by atoms with E-state index in [2.05, 4.69) is 42.8 Å². The average molecular weight is 335 g/mol. The summed E-state index contributed by atoms with van der Waals surface area (Å²) in [4.78, 5) is 4.29. The van der Waals surface area contributed by atoms with E-state index in [0.29, 0.717) is 24.0 Å². The molecule has 9 heteroatoms. The summed E-state index contributed by atoms with van der Waals surface area (Å²) in [5, 5.41) is 19.2. The first kappa shape index (κ1) is 15.1. The number of aryl methyl sites for hydroxylation is 2. The van der Waals surface area contributed by atoms with Crippen LogP contribution in [-0.4, -0.2) is 34.3 Å². The summed E-state index contributed by atoms with van der Waals surface area (Å²) in [7, 11) is 0. The summed E-state index contributed by atoms with van der Waals surface area (Å²) in [5.41, 5.74) is 7.81.